The predicted octanol–water partition coefficient (Wildman–Crippen LogP) is -1.50. The van der Waals surface area contributed by atoms with Crippen LogP contribution in [0.5, 0.6) is 0 Å². The molecule has 0 fully saturated rings. The Kier molecular flexibility index (Phi) is 21.1. The molecule has 0 rings (SSSR count). The van der Waals surface area contributed by atoms with Gasteiger partial charge in [0.1, 0.15) is 0 Å². The smallest absolute Gasteiger partial charge is 0.429 e. The van der Waals surface area contributed by atoms with Gasteiger partial charge < -0.3 is 10.0 Å². The number of rotatable bonds is 0. The summed E-state index contributed by atoms with van der Waals surface area (Å²) in [6.07, 6.45) is 0. The first-order chi connectivity index (χ1) is 1.41. The van der Waals surface area contributed by atoms with Crippen molar-refractivity contribution in [3.8, 4) is 0 Å². The first-order valence-electron chi connectivity index (χ1n) is 0.516. The van der Waals surface area contributed by atoms with Crippen LogP contribution in [-0.4, -0.2) is 17.7 Å². The maximum absolute atomic E-state index is 7.00. The largest absolute Gasteiger partial charge is 0.482 e. The van der Waals surface area contributed by atoms with Crippen LogP contribution in [0.4, 0.5) is 0 Å². The third kappa shape index (κ3) is 19.5. The van der Waals surface area contributed by atoms with Gasteiger partial charge in [0.25, 0.3) is 0 Å². The normalized spacial score (nSPS) is 3.50. The molecule has 0 aliphatic heterocycles. The van der Waals surface area contributed by atoms with E-state index in [0.717, 1.165) is 0 Å². The van der Waals surface area contributed by atoms with Gasteiger partial charge in [-0.25, -0.2) is 0 Å². The van der Waals surface area contributed by atoms with Crippen molar-refractivity contribution >= 4 is 7.69 Å². The fourth-order valence-corrected chi connectivity index (χ4v) is 0. The maximum atomic E-state index is 7.00. The van der Waals surface area contributed by atoms with E-state index in [1.165, 1.54) is 0 Å². The first kappa shape index (κ1) is 8.82. The topological polar surface area (TPSA) is 40.5 Å². The van der Waals surface area contributed by atoms with Crippen LogP contribution in [0.1, 0.15) is 0 Å². The predicted molar refractivity (Wildman–Crippen MR) is 10.2 cm³/mol. The van der Waals surface area contributed by atoms with Gasteiger partial charge in [0.05, 0.1) is 0 Å². The van der Waals surface area contributed by atoms with Crippen molar-refractivity contribution in [3.05, 3.63) is 0 Å². The van der Waals surface area contributed by atoms with Gasteiger partial charge in [0.2, 0.25) is 0 Å². The Morgan fingerprint density at radius 3 is 1.25 bits per heavy atom. The van der Waals surface area contributed by atoms with E-state index >= 15 is 0 Å². The summed E-state index contributed by atoms with van der Waals surface area (Å²) in [4.78, 5) is 0. The molecule has 0 aromatic heterocycles. The molecule has 0 aromatic carbocycles. The minimum absolute atomic E-state index is 0. The molecule has 4 heavy (non-hydrogen) atoms. The van der Waals surface area contributed by atoms with Crippen LogP contribution >= 0.6 is 0 Å². The molecule has 0 saturated carbocycles. The van der Waals surface area contributed by atoms with Gasteiger partial charge in [0, 0.05) is 18.6 Å². The molecule has 0 saturated heterocycles. The van der Waals surface area contributed by atoms with Gasteiger partial charge in [-0.05, 0) is 0 Å². The Morgan fingerprint density at radius 1 is 1.25 bits per heavy atom. The first-order valence-corrected chi connectivity index (χ1v) is 0.516. The Morgan fingerprint density at radius 2 is 1.25 bits per heavy atom. The van der Waals surface area contributed by atoms with Gasteiger partial charge in [0.15, 0.2) is 0 Å². The summed E-state index contributed by atoms with van der Waals surface area (Å²) < 4.78 is 0. The van der Waals surface area contributed by atoms with E-state index in [4.69, 9.17) is 10.0 Å². The molecule has 0 heterocycles. The van der Waals surface area contributed by atoms with E-state index in [9.17, 15) is 0 Å². The average molecular weight is 95.8 g/mol. The van der Waals surface area contributed by atoms with E-state index in [0.29, 0.717) is 0 Å². The molecule has 2 radical (unpaired) electrons. The number of hydrogen-bond acceptors (Lipinski definition) is 2. The second-order valence-electron chi connectivity index (χ2n) is 0.115. The molecule has 22 valence electrons. The summed E-state index contributed by atoms with van der Waals surface area (Å²) in [5, 5.41) is 14.0. The third-order valence-corrected chi connectivity index (χ3v) is 0. The molecule has 0 atom stereocenters. The van der Waals surface area contributed by atoms with E-state index < -0.39 is 0 Å². The molecular weight excluding hydrogens is 93.8 g/mol. The minimum Gasteiger partial charge on any atom is -0.429 e. The zero-order valence-corrected chi connectivity index (χ0v) is 3.32. The van der Waals surface area contributed by atoms with Crippen LogP contribution in [0.25, 0.3) is 0 Å². The van der Waals surface area contributed by atoms with Gasteiger partial charge in [-0.15, -0.1) is 0 Å². The van der Waals surface area contributed by atoms with Crippen molar-refractivity contribution in [1.82, 2.24) is 0 Å². The average Bonchev–Trinajstić information content (AvgIpc) is 0.918. The molecule has 4 heteroatoms. The van der Waals surface area contributed by atoms with Crippen LogP contribution in [0.3, 0.4) is 0 Å². The molecule has 0 unspecified atom stereocenters. The molecule has 0 amide bonds. The van der Waals surface area contributed by atoms with Crippen LogP contribution in [0.2, 0.25) is 0 Å². The fraction of sp³-hybridized carbons (Fsp3) is 0. The molecule has 0 bridgehead atoms. The SMILES string of the molecule is O[B]O.[V]. The standard InChI is InChI=1S/BH2O2.V/c2-1-3;/h2-3H;. The summed E-state index contributed by atoms with van der Waals surface area (Å²) in [5.74, 6) is 0. The quantitative estimate of drug-likeness (QED) is 0.360. The van der Waals surface area contributed by atoms with Gasteiger partial charge in [-0.3, -0.25) is 0 Å². The minimum atomic E-state index is 0. The zero-order valence-electron chi connectivity index (χ0n) is 1.92. The van der Waals surface area contributed by atoms with E-state index in [2.05, 4.69) is 0 Å². The van der Waals surface area contributed by atoms with E-state index in [1.807, 2.05) is 0 Å². The number of hydrogen-bond donors (Lipinski definition) is 2. The van der Waals surface area contributed by atoms with Gasteiger partial charge in [-0.1, -0.05) is 0 Å². The summed E-state index contributed by atoms with van der Waals surface area (Å²) in [5.41, 5.74) is 0. The summed E-state index contributed by atoms with van der Waals surface area (Å²) >= 11 is 0. The van der Waals surface area contributed by atoms with Crippen molar-refractivity contribution in [2.45, 2.75) is 0 Å². The Bertz CT molecular complexity index is 6.00. The summed E-state index contributed by atoms with van der Waals surface area (Å²) in [6, 6.07) is 0. The fourth-order valence-electron chi connectivity index (χ4n) is 0. The van der Waals surface area contributed by atoms with E-state index in [1.54, 1.807) is 0 Å². The van der Waals surface area contributed by atoms with Crippen molar-refractivity contribution < 1.29 is 28.6 Å². The van der Waals surface area contributed by atoms with E-state index in [-0.39, 0.29) is 26.2 Å². The molecule has 0 aromatic rings. The molecule has 0 aliphatic carbocycles. The van der Waals surface area contributed by atoms with Gasteiger partial charge >= 0.3 is 7.69 Å². The molecule has 2 nitrogen and oxygen atoms in total. The second-order valence-corrected chi connectivity index (χ2v) is 0.115. The van der Waals surface area contributed by atoms with Gasteiger partial charge in [-0.2, -0.15) is 0 Å². The Hall–Kier alpha value is 0.569. The third-order valence-electron chi connectivity index (χ3n) is 0. The summed E-state index contributed by atoms with van der Waals surface area (Å²) in [7, 11) is 0. The van der Waals surface area contributed by atoms with Crippen molar-refractivity contribution in [2.24, 2.45) is 0 Å². The van der Waals surface area contributed by atoms with Crippen molar-refractivity contribution in [1.29, 1.82) is 0 Å². The molecule has 2 N–H and O–H groups in total. The maximum Gasteiger partial charge on any atom is 0.482 e. The molecule has 0 spiro atoms. The summed E-state index contributed by atoms with van der Waals surface area (Å²) in [6.45, 7) is 0. The molecule has 0 aliphatic rings. The monoisotopic (exact) mass is 96.0 g/mol. The Labute approximate surface area is 37.0 Å². The second kappa shape index (κ2) is 9.57. The van der Waals surface area contributed by atoms with Crippen molar-refractivity contribution in [2.75, 3.05) is 0 Å². The van der Waals surface area contributed by atoms with Crippen LogP contribution < -0.4 is 0 Å². The molecular formula is H2BO2V. The van der Waals surface area contributed by atoms with Crippen LogP contribution in [0, 0.1) is 0 Å². The Balaban J connectivity index is 0. The van der Waals surface area contributed by atoms with Crippen LogP contribution in [0.15, 0.2) is 0 Å². The van der Waals surface area contributed by atoms with Crippen molar-refractivity contribution in [3.63, 3.8) is 0 Å². The van der Waals surface area contributed by atoms with Crippen LogP contribution in [-0.2, 0) is 18.6 Å². The zero-order chi connectivity index (χ0) is 2.71.